The first-order valence-electron chi connectivity index (χ1n) is 8.98. The molecule has 0 atom stereocenters. The van der Waals surface area contributed by atoms with Gasteiger partial charge >= 0.3 is 0 Å². The number of nitrogens with one attached hydrogen (secondary N) is 2. The zero-order chi connectivity index (χ0) is 19.5. The van der Waals surface area contributed by atoms with E-state index in [1.807, 2.05) is 74.5 Å². The van der Waals surface area contributed by atoms with Crippen LogP contribution in [0, 0.1) is 13.8 Å². The van der Waals surface area contributed by atoms with Gasteiger partial charge in [-0.1, -0.05) is 42.5 Å². The Morgan fingerprint density at radius 3 is 2.57 bits per heavy atom. The van der Waals surface area contributed by atoms with Crippen molar-refractivity contribution in [3.05, 3.63) is 72.1 Å². The second kappa shape index (κ2) is 7.48. The van der Waals surface area contributed by atoms with Gasteiger partial charge in [0.1, 0.15) is 6.54 Å². The molecule has 2 aromatic carbocycles. The number of aromatic amines is 1. The van der Waals surface area contributed by atoms with E-state index in [9.17, 15) is 4.79 Å². The summed E-state index contributed by atoms with van der Waals surface area (Å²) in [4.78, 5) is 17.1. The van der Waals surface area contributed by atoms with Crippen LogP contribution in [0.25, 0.3) is 22.8 Å². The van der Waals surface area contributed by atoms with E-state index in [0.717, 1.165) is 22.5 Å². The summed E-state index contributed by atoms with van der Waals surface area (Å²) in [6.07, 6.45) is 0. The molecule has 0 saturated carbocycles. The smallest absolute Gasteiger partial charge is 0.246 e. The van der Waals surface area contributed by atoms with Gasteiger partial charge < -0.3 is 5.32 Å². The molecule has 0 bridgehead atoms. The highest BCUT2D eigenvalue weighted by molar-refractivity contribution is 5.94. The number of aryl methyl sites for hydroxylation is 2. The van der Waals surface area contributed by atoms with Crippen LogP contribution in [-0.4, -0.2) is 30.9 Å². The van der Waals surface area contributed by atoms with Gasteiger partial charge in [0.05, 0.1) is 11.4 Å². The molecule has 0 unspecified atom stereocenters. The number of hydrogen-bond acceptors (Lipinski definition) is 4. The lowest BCUT2D eigenvalue weighted by atomic mass is 10.1. The molecule has 0 fully saturated rings. The van der Waals surface area contributed by atoms with Gasteiger partial charge in [-0.3, -0.25) is 14.6 Å². The zero-order valence-electron chi connectivity index (χ0n) is 15.7. The van der Waals surface area contributed by atoms with Crippen molar-refractivity contribution in [3.63, 3.8) is 0 Å². The van der Waals surface area contributed by atoms with Gasteiger partial charge in [-0.2, -0.15) is 10.2 Å². The van der Waals surface area contributed by atoms with Crippen LogP contribution in [0.1, 0.15) is 11.4 Å². The number of para-hydroxylation sites is 1. The third-order valence-corrected chi connectivity index (χ3v) is 4.37. The molecule has 7 nitrogen and oxygen atoms in total. The minimum absolute atomic E-state index is 0.151. The Bertz CT molecular complexity index is 1110. The van der Waals surface area contributed by atoms with Crippen molar-refractivity contribution in [1.82, 2.24) is 25.0 Å². The van der Waals surface area contributed by atoms with Gasteiger partial charge in [-0.05, 0) is 32.0 Å². The van der Waals surface area contributed by atoms with E-state index < -0.39 is 0 Å². The largest absolute Gasteiger partial charge is 0.324 e. The summed E-state index contributed by atoms with van der Waals surface area (Å²) in [5, 5.41) is 14.6. The Morgan fingerprint density at radius 1 is 1.07 bits per heavy atom. The van der Waals surface area contributed by atoms with Crippen molar-refractivity contribution >= 4 is 11.6 Å². The second-order valence-corrected chi connectivity index (χ2v) is 6.55. The number of aromatic nitrogens is 5. The summed E-state index contributed by atoms with van der Waals surface area (Å²) in [7, 11) is 0. The summed E-state index contributed by atoms with van der Waals surface area (Å²) in [6.45, 7) is 3.99. The number of H-pyrrole nitrogens is 1. The van der Waals surface area contributed by atoms with Crippen LogP contribution in [0.15, 0.2) is 60.7 Å². The van der Waals surface area contributed by atoms with E-state index in [4.69, 9.17) is 0 Å². The first kappa shape index (κ1) is 17.7. The van der Waals surface area contributed by atoms with Gasteiger partial charge in [-0.25, -0.2) is 4.98 Å². The molecule has 2 N–H and O–H groups in total. The average molecular weight is 372 g/mol. The number of rotatable bonds is 5. The fraction of sp³-hybridized carbons (Fsp3) is 0.143. The van der Waals surface area contributed by atoms with Crippen molar-refractivity contribution < 1.29 is 4.79 Å². The molecule has 1 amide bonds. The van der Waals surface area contributed by atoms with Gasteiger partial charge in [0.15, 0.2) is 11.6 Å². The Labute approximate surface area is 162 Å². The maximum absolute atomic E-state index is 12.5. The molecule has 0 aliphatic carbocycles. The highest BCUT2D eigenvalue weighted by atomic mass is 16.2. The number of carbonyl (C=O) groups excluding carboxylic acids is 1. The molecule has 2 heterocycles. The minimum Gasteiger partial charge on any atom is -0.324 e. The SMILES string of the molecule is Cc1cc(C)n(CC(=O)Nc2ccccc2-c2nc(-c3ccccc3)n[nH]2)n1. The Morgan fingerprint density at radius 2 is 1.82 bits per heavy atom. The van der Waals surface area contributed by atoms with Crippen LogP contribution in [-0.2, 0) is 11.3 Å². The highest BCUT2D eigenvalue weighted by Gasteiger charge is 2.14. The quantitative estimate of drug-likeness (QED) is 0.560. The van der Waals surface area contributed by atoms with Crippen molar-refractivity contribution in [3.8, 4) is 22.8 Å². The summed E-state index contributed by atoms with van der Waals surface area (Å²) < 4.78 is 1.69. The number of anilines is 1. The van der Waals surface area contributed by atoms with Crippen LogP contribution >= 0.6 is 0 Å². The molecular formula is C21H20N6O. The Balaban J connectivity index is 1.57. The summed E-state index contributed by atoms with van der Waals surface area (Å²) in [6, 6.07) is 19.2. The molecule has 7 heteroatoms. The number of hydrogen-bond donors (Lipinski definition) is 2. The van der Waals surface area contributed by atoms with E-state index in [-0.39, 0.29) is 12.5 Å². The predicted molar refractivity (Wildman–Crippen MR) is 108 cm³/mol. The zero-order valence-corrected chi connectivity index (χ0v) is 15.7. The van der Waals surface area contributed by atoms with Crippen LogP contribution in [0.4, 0.5) is 5.69 Å². The fourth-order valence-electron chi connectivity index (χ4n) is 3.06. The molecule has 4 aromatic rings. The molecule has 140 valence electrons. The van der Waals surface area contributed by atoms with Gasteiger partial charge in [0, 0.05) is 16.8 Å². The van der Waals surface area contributed by atoms with Gasteiger partial charge in [-0.15, -0.1) is 0 Å². The second-order valence-electron chi connectivity index (χ2n) is 6.55. The molecule has 0 spiro atoms. The molecule has 0 saturated heterocycles. The first-order chi connectivity index (χ1) is 13.6. The van der Waals surface area contributed by atoms with Crippen LogP contribution < -0.4 is 5.32 Å². The minimum atomic E-state index is -0.151. The summed E-state index contributed by atoms with van der Waals surface area (Å²) in [5.41, 5.74) is 4.21. The predicted octanol–water partition coefficient (Wildman–Crippen LogP) is 3.59. The number of nitrogens with zero attached hydrogens (tertiary/aromatic N) is 4. The number of carbonyl (C=O) groups is 1. The van der Waals surface area contributed by atoms with Gasteiger partial charge in [0.25, 0.3) is 0 Å². The third kappa shape index (κ3) is 3.68. The van der Waals surface area contributed by atoms with E-state index in [2.05, 4.69) is 25.6 Å². The molecular weight excluding hydrogens is 352 g/mol. The van der Waals surface area contributed by atoms with E-state index in [0.29, 0.717) is 17.3 Å². The normalized spacial score (nSPS) is 10.8. The van der Waals surface area contributed by atoms with Crippen molar-refractivity contribution in [2.45, 2.75) is 20.4 Å². The number of benzene rings is 2. The lowest BCUT2D eigenvalue weighted by Crippen LogP contribution is -2.20. The lowest BCUT2D eigenvalue weighted by molar-refractivity contribution is -0.116. The molecule has 4 rings (SSSR count). The Kier molecular flexibility index (Phi) is 4.72. The summed E-state index contributed by atoms with van der Waals surface area (Å²) in [5.74, 6) is 1.06. The third-order valence-electron chi connectivity index (χ3n) is 4.37. The fourth-order valence-corrected chi connectivity index (χ4v) is 3.06. The lowest BCUT2D eigenvalue weighted by Gasteiger charge is -2.10. The molecule has 0 aliphatic rings. The molecule has 28 heavy (non-hydrogen) atoms. The molecule has 0 aliphatic heterocycles. The van der Waals surface area contributed by atoms with Gasteiger partial charge in [0.2, 0.25) is 5.91 Å². The van der Waals surface area contributed by atoms with Crippen LogP contribution in [0.2, 0.25) is 0 Å². The molecule has 2 aromatic heterocycles. The molecule has 0 radical (unpaired) electrons. The maximum atomic E-state index is 12.5. The standard InChI is InChI=1S/C21H20N6O/c1-14-12-15(2)27(26-14)13-19(28)22-18-11-7-6-10-17(18)21-23-20(24-25-21)16-8-4-3-5-9-16/h3-12H,13H2,1-2H3,(H,22,28)(H,23,24,25). The van der Waals surface area contributed by atoms with Crippen LogP contribution in [0.3, 0.4) is 0 Å². The Hall–Kier alpha value is -3.74. The maximum Gasteiger partial charge on any atom is 0.246 e. The first-order valence-corrected chi connectivity index (χ1v) is 8.98. The van der Waals surface area contributed by atoms with E-state index in [1.165, 1.54) is 0 Å². The van der Waals surface area contributed by atoms with E-state index in [1.54, 1.807) is 4.68 Å². The topological polar surface area (TPSA) is 88.5 Å². The van der Waals surface area contributed by atoms with Crippen molar-refractivity contribution in [2.24, 2.45) is 0 Å². The monoisotopic (exact) mass is 372 g/mol. The highest BCUT2D eigenvalue weighted by Crippen LogP contribution is 2.26. The van der Waals surface area contributed by atoms with Crippen LogP contribution in [0.5, 0.6) is 0 Å². The summed E-state index contributed by atoms with van der Waals surface area (Å²) >= 11 is 0. The van der Waals surface area contributed by atoms with Crippen molar-refractivity contribution in [1.29, 1.82) is 0 Å². The number of amides is 1. The van der Waals surface area contributed by atoms with Crippen molar-refractivity contribution in [2.75, 3.05) is 5.32 Å². The average Bonchev–Trinajstić information content (AvgIpc) is 3.30. The van der Waals surface area contributed by atoms with E-state index >= 15 is 0 Å².